The van der Waals surface area contributed by atoms with Gasteiger partial charge in [0.05, 0.1) is 6.54 Å². The van der Waals surface area contributed by atoms with E-state index in [-0.39, 0.29) is 30.8 Å². The van der Waals surface area contributed by atoms with E-state index in [1.54, 1.807) is 32.9 Å². The van der Waals surface area contributed by atoms with E-state index >= 15 is 0 Å². The highest BCUT2D eigenvalue weighted by molar-refractivity contribution is 6.23. The van der Waals surface area contributed by atoms with Crippen LogP contribution in [0.2, 0.25) is 0 Å². The highest BCUT2D eigenvalue weighted by Crippen LogP contribution is 2.37. The summed E-state index contributed by atoms with van der Waals surface area (Å²) in [4.78, 5) is 35.4. The largest absolute Gasteiger partial charge is 0.513 e. The number of carbonyl (C=O) groups excluding carboxylic acids is 3. The highest BCUT2D eigenvalue weighted by Gasteiger charge is 2.20. The molecule has 1 aliphatic rings. The van der Waals surface area contributed by atoms with E-state index in [0.29, 0.717) is 5.75 Å². The zero-order valence-electron chi connectivity index (χ0n) is 18.4. The third kappa shape index (κ3) is 4.21. The molecule has 6 nitrogen and oxygen atoms in total. The molecule has 164 valence electrons. The number of hydrogen-bond acceptors (Lipinski definition) is 5. The van der Waals surface area contributed by atoms with E-state index in [9.17, 15) is 14.4 Å². The van der Waals surface area contributed by atoms with E-state index in [4.69, 9.17) is 9.47 Å². The molecule has 0 unspecified atom stereocenters. The quantitative estimate of drug-likeness (QED) is 0.262. The van der Waals surface area contributed by atoms with Crippen molar-refractivity contribution in [3.8, 4) is 5.75 Å². The van der Waals surface area contributed by atoms with Crippen LogP contribution in [0.4, 0.5) is 4.79 Å². The molecule has 1 amide bonds. The molecule has 32 heavy (non-hydrogen) atoms. The van der Waals surface area contributed by atoms with Crippen LogP contribution in [0.15, 0.2) is 48.5 Å². The predicted octanol–water partition coefficient (Wildman–Crippen LogP) is 4.81. The average Bonchev–Trinajstić information content (AvgIpc) is 3.21. The van der Waals surface area contributed by atoms with Gasteiger partial charge in [-0.15, -0.1) is 0 Å². The molecule has 0 atom stereocenters. The van der Waals surface area contributed by atoms with Crippen molar-refractivity contribution in [2.75, 3.05) is 13.2 Å². The maximum atomic E-state index is 12.0. The summed E-state index contributed by atoms with van der Waals surface area (Å²) >= 11 is 0. The molecular formula is C26H25NO5. The third-order valence-corrected chi connectivity index (χ3v) is 5.63. The van der Waals surface area contributed by atoms with E-state index in [1.807, 2.05) is 36.4 Å². The van der Waals surface area contributed by atoms with E-state index in [0.717, 1.165) is 39.1 Å². The lowest BCUT2D eigenvalue weighted by Gasteiger charge is -2.11. The van der Waals surface area contributed by atoms with Crippen molar-refractivity contribution in [1.82, 2.24) is 5.32 Å². The summed E-state index contributed by atoms with van der Waals surface area (Å²) in [5, 5.41) is 6.87. The van der Waals surface area contributed by atoms with Crippen molar-refractivity contribution < 1.29 is 23.9 Å². The molecule has 0 aromatic heterocycles. The number of carbonyl (C=O) groups is 3. The number of ketones is 1. The Bertz CT molecular complexity index is 1270. The van der Waals surface area contributed by atoms with Gasteiger partial charge in [0.15, 0.2) is 5.78 Å². The summed E-state index contributed by atoms with van der Waals surface area (Å²) in [5.41, 5.74) is 2.97. The minimum atomic E-state index is -0.815. The maximum Gasteiger partial charge on any atom is 0.513 e. The van der Waals surface area contributed by atoms with Crippen LogP contribution in [0, 0.1) is 5.92 Å². The fraction of sp³-hybridized carbons (Fsp3) is 0.269. The van der Waals surface area contributed by atoms with Crippen LogP contribution < -0.4 is 10.1 Å². The van der Waals surface area contributed by atoms with Gasteiger partial charge in [-0.05, 0) is 58.1 Å². The molecule has 0 saturated carbocycles. The first-order valence-electron chi connectivity index (χ1n) is 10.7. The number of amides is 1. The first-order chi connectivity index (χ1) is 15.3. The molecule has 3 aromatic carbocycles. The summed E-state index contributed by atoms with van der Waals surface area (Å²) in [6, 6.07) is 13.5. The van der Waals surface area contributed by atoms with Gasteiger partial charge in [0.25, 0.3) is 0 Å². The van der Waals surface area contributed by atoms with Crippen LogP contribution in [0.1, 0.15) is 31.9 Å². The van der Waals surface area contributed by atoms with Crippen LogP contribution in [0.5, 0.6) is 5.75 Å². The summed E-state index contributed by atoms with van der Waals surface area (Å²) in [7, 11) is 0. The van der Waals surface area contributed by atoms with Gasteiger partial charge in [0.2, 0.25) is 5.91 Å². The average molecular weight is 431 g/mol. The minimum Gasteiger partial charge on any atom is -0.432 e. The van der Waals surface area contributed by atoms with Gasteiger partial charge in [0, 0.05) is 11.5 Å². The van der Waals surface area contributed by atoms with Gasteiger partial charge in [-0.2, -0.15) is 0 Å². The second-order valence-electron chi connectivity index (χ2n) is 8.16. The number of fused-ring (bicyclic) bond motifs is 5. The lowest BCUT2D eigenvalue weighted by molar-refractivity contribution is -0.124. The fourth-order valence-electron chi connectivity index (χ4n) is 4.01. The highest BCUT2D eigenvalue weighted by atomic mass is 16.7. The summed E-state index contributed by atoms with van der Waals surface area (Å²) in [6.07, 6.45) is 1.93. The number of hydrogen-bond donors (Lipinski definition) is 1. The number of ether oxygens (including phenoxy) is 2. The van der Waals surface area contributed by atoms with Crippen molar-refractivity contribution in [3.63, 3.8) is 0 Å². The van der Waals surface area contributed by atoms with Gasteiger partial charge in [0.1, 0.15) is 12.4 Å². The number of Topliss-reactive ketones (excluding diaryl/α,β-unsaturated/α-hetero) is 1. The Hall–Kier alpha value is -3.67. The predicted molar refractivity (Wildman–Crippen MR) is 124 cm³/mol. The van der Waals surface area contributed by atoms with Crippen molar-refractivity contribution in [2.45, 2.75) is 27.2 Å². The van der Waals surface area contributed by atoms with E-state index < -0.39 is 6.16 Å². The molecule has 4 rings (SSSR count). The molecule has 0 fully saturated rings. The van der Waals surface area contributed by atoms with Gasteiger partial charge >= 0.3 is 6.16 Å². The van der Waals surface area contributed by atoms with Gasteiger partial charge in [-0.25, -0.2) is 4.79 Å². The second-order valence-corrected chi connectivity index (χ2v) is 8.16. The van der Waals surface area contributed by atoms with Crippen molar-refractivity contribution >= 4 is 45.0 Å². The van der Waals surface area contributed by atoms with Crippen molar-refractivity contribution in [3.05, 3.63) is 59.7 Å². The lowest BCUT2D eigenvalue weighted by Crippen LogP contribution is -2.31. The molecule has 6 heteroatoms. The first kappa shape index (κ1) is 21.6. The van der Waals surface area contributed by atoms with Gasteiger partial charge in [-0.1, -0.05) is 50.3 Å². The molecule has 1 N–H and O–H groups in total. The standard InChI is InChI=1S/C26H25NO5/c1-15(2)25(29)27-12-13-31-26(30)32-18-5-7-20-17(14-18)4-6-23-22(20)11-10-21-19(16(3)28)8-9-24(21)23/h4-8,10-11,14-15H,9,12-13H2,1-3H3,(H,27,29). The summed E-state index contributed by atoms with van der Waals surface area (Å²) < 4.78 is 10.3. The monoisotopic (exact) mass is 431 g/mol. The zero-order valence-corrected chi connectivity index (χ0v) is 18.4. The Morgan fingerprint density at radius 1 is 1.00 bits per heavy atom. The van der Waals surface area contributed by atoms with Crippen molar-refractivity contribution in [1.29, 1.82) is 0 Å². The van der Waals surface area contributed by atoms with Crippen LogP contribution in [0.3, 0.4) is 0 Å². The third-order valence-electron chi connectivity index (χ3n) is 5.63. The molecule has 0 aliphatic heterocycles. The Morgan fingerprint density at radius 2 is 1.75 bits per heavy atom. The maximum absolute atomic E-state index is 12.0. The molecule has 0 spiro atoms. The normalized spacial score (nSPS) is 12.6. The number of rotatable bonds is 6. The molecule has 1 aliphatic carbocycles. The van der Waals surface area contributed by atoms with Crippen LogP contribution in [0.25, 0.3) is 27.1 Å². The van der Waals surface area contributed by atoms with Crippen LogP contribution >= 0.6 is 0 Å². The number of nitrogens with one attached hydrogen (secondary N) is 1. The molecule has 0 saturated heterocycles. The van der Waals surface area contributed by atoms with Crippen LogP contribution in [-0.2, 0) is 20.7 Å². The molecule has 0 radical (unpaired) electrons. The summed E-state index contributed by atoms with van der Waals surface area (Å²) in [6.45, 7) is 5.46. The van der Waals surface area contributed by atoms with Gasteiger partial charge < -0.3 is 14.8 Å². The van der Waals surface area contributed by atoms with E-state index in [2.05, 4.69) is 5.32 Å². The Balaban J connectivity index is 1.48. The van der Waals surface area contributed by atoms with E-state index in [1.165, 1.54) is 5.56 Å². The Morgan fingerprint density at radius 3 is 2.50 bits per heavy atom. The fourth-order valence-corrected chi connectivity index (χ4v) is 4.01. The lowest BCUT2D eigenvalue weighted by atomic mass is 9.94. The Labute approximate surface area is 186 Å². The van der Waals surface area contributed by atoms with Crippen molar-refractivity contribution in [2.24, 2.45) is 5.92 Å². The zero-order chi connectivity index (χ0) is 22.8. The molecule has 0 bridgehead atoms. The number of allylic oxidation sites excluding steroid dienone is 2. The summed E-state index contributed by atoms with van der Waals surface area (Å²) in [5.74, 6) is 0.251. The smallest absolute Gasteiger partial charge is 0.432 e. The molecular weight excluding hydrogens is 406 g/mol. The van der Waals surface area contributed by atoms with Gasteiger partial charge in [-0.3, -0.25) is 9.59 Å². The topological polar surface area (TPSA) is 81.7 Å². The SMILES string of the molecule is CC(=O)C1=CCc2c1ccc1c2ccc2cc(OC(=O)OCCNC(=O)C(C)C)ccc21. The minimum absolute atomic E-state index is 0.0386. The number of benzene rings is 3. The first-order valence-corrected chi connectivity index (χ1v) is 10.7. The Kier molecular flexibility index (Phi) is 5.95. The second kappa shape index (κ2) is 8.83. The van der Waals surface area contributed by atoms with Crippen LogP contribution in [-0.4, -0.2) is 31.0 Å². The molecule has 0 heterocycles. The molecule has 3 aromatic rings.